The van der Waals surface area contributed by atoms with E-state index in [-0.39, 0.29) is 5.75 Å². The van der Waals surface area contributed by atoms with Gasteiger partial charge in [0, 0.05) is 8.95 Å². The van der Waals surface area contributed by atoms with E-state index in [0.29, 0.717) is 20.1 Å². The van der Waals surface area contributed by atoms with Crippen LogP contribution in [-0.2, 0) is 0 Å². The van der Waals surface area contributed by atoms with E-state index in [1.165, 1.54) is 36.4 Å². The van der Waals surface area contributed by atoms with Crippen molar-refractivity contribution < 1.29 is 22.3 Å². The van der Waals surface area contributed by atoms with E-state index in [9.17, 15) is 17.6 Å². The minimum atomic E-state index is -4.74. The molecule has 0 amide bonds. The van der Waals surface area contributed by atoms with Crippen LogP contribution in [0.4, 0.5) is 17.6 Å². The van der Waals surface area contributed by atoms with Gasteiger partial charge in [0.2, 0.25) is 0 Å². The van der Waals surface area contributed by atoms with E-state index in [0.717, 1.165) is 0 Å². The maximum absolute atomic E-state index is 13.0. The average Bonchev–Trinajstić information content (AvgIpc) is 2.28. The number of hydrogen-bond acceptors (Lipinski definition) is 1. The van der Waals surface area contributed by atoms with Gasteiger partial charge in [0.05, 0.1) is 0 Å². The molecule has 2 rings (SSSR count). The lowest BCUT2D eigenvalue weighted by atomic mass is 10.1. The minimum absolute atomic E-state index is 0.327. The van der Waals surface area contributed by atoms with Crippen LogP contribution in [0.5, 0.6) is 5.75 Å². The first kappa shape index (κ1) is 15.3. The zero-order chi connectivity index (χ0) is 14.9. The van der Waals surface area contributed by atoms with E-state index >= 15 is 0 Å². The molecule has 0 spiro atoms. The lowest BCUT2D eigenvalue weighted by Gasteiger charge is -2.12. The van der Waals surface area contributed by atoms with Crippen molar-refractivity contribution in [3.63, 3.8) is 0 Å². The second-order valence-electron chi connectivity index (χ2n) is 3.81. The first-order chi connectivity index (χ1) is 9.26. The van der Waals surface area contributed by atoms with Crippen molar-refractivity contribution in [2.75, 3.05) is 0 Å². The molecule has 2 aromatic carbocycles. The SMILES string of the molecule is Fc1ccc(-c2ccc(OC(F)(F)F)cc2Br)c(Br)c1. The van der Waals surface area contributed by atoms with Gasteiger partial charge >= 0.3 is 6.36 Å². The average molecular weight is 414 g/mol. The monoisotopic (exact) mass is 412 g/mol. The molecule has 0 radical (unpaired) electrons. The number of ether oxygens (including phenoxy) is 1. The molecule has 106 valence electrons. The molecular weight excluding hydrogens is 408 g/mol. The fourth-order valence-electron chi connectivity index (χ4n) is 1.62. The van der Waals surface area contributed by atoms with Crippen molar-refractivity contribution >= 4 is 31.9 Å². The highest BCUT2D eigenvalue weighted by Gasteiger charge is 2.31. The van der Waals surface area contributed by atoms with E-state index in [2.05, 4.69) is 36.6 Å². The zero-order valence-electron chi connectivity index (χ0n) is 9.64. The van der Waals surface area contributed by atoms with Crippen LogP contribution in [0, 0.1) is 5.82 Å². The Kier molecular flexibility index (Phi) is 4.39. The maximum atomic E-state index is 13.0. The third kappa shape index (κ3) is 3.73. The normalized spacial score (nSPS) is 11.5. The molecule has 0 unspecified atom stereocenters. The summed E-state index contributed by atoms with van der Waals surface area (Å²) in [5.41, 5.74) is 1.27. The molecule has 0 saturated heterocycles. The van der Waals surface area contributed by atoms with Crippen LogP contribution in [0.2, 0.25) is 0 Å². The number of hydrogen-bond donors (Lipinski definition) is 0. The summed E-state index contributed by atoms with van der Waals surface area (Å²) in [6.07, 6.45) is -4.74. The van der Waals surface area contributed by atoms with Crippen molar-refractivity contribution in [1.29, 1.82) is 0 Å². The standard InChI is InChI=1S/C13H6Br2F4O/c14-11-5-7(16)1-3-9(11)10-4-2-8(6-12(10)15)20-13(17,18)19/h1-6H. The van der Waals surface area contributed by atoms with E-state index < -0.39 is 12.2 Å². The lowest BCUT2D eigenvalue weighted by molar-refractivity contribution is -0.274. The summed E-state index contributed by atoms with van der Waals surface area (Å²) >= 11 is 6.40. The van der Waals surface area contributed by atoms with Gasteiger partial charge in [0.1, 0.15) is 11.6 Å². The molecule has 0 bridgehead atoms. The smallest absolute Gasteiger partial charge is 0.406 e. The van der Waals surface area contributed by atoms with Crippen molar-refractivity contribution in [2.45, 2.75) is 6.36 Å². The third-order valence-corrected chi connectivity index (χ3v) is 3.71. The number of rotatable bonds is 2. The van der Waals surface area contributed by atoms with Crippen LogP contribution < -0.4 is 4.74 Å². The van der Waals surface area contributed by atoms with Gasteiger partial charge in [-0.1, -0.05) is 37.9 Å². The molecule has 0 aliphatic heterocycles. The van der Waals surface area contributed by atoms with Crippen molar-refractivity contribution in [1.82, 2.24) is 0 Å². The number of benzene rings is 2. The van der Waals surface area contributed by atoms with Gasteiger partial charge in [-0.25, -0.2) is 4.39 Å². The quantitative estimate of drug-likeness (QED) is 0.555. The summed E-state index contributed by atoms with van der Waals surface area (Å²) in [7, 11) is 0. The first-order valence-electron chi connectivity index (χ1n) is 5.27. The largest absolute Gasteiger partial charge is 0.573 e. The number of alkyl halides is 3. The van der Waals surface area contributed by atoms with Gasteiger partial charge < -0.3 is 4.74 Å². The highest BCUT2D eigenvalue weighted by Crippen LogP contribution is 2.37. The zero-order valence-corrected chi connectivity index (χ0v) is 12.8. The van der Waals surface area contributed by atoms with Gasteiger partial charge in [0.25, 0.3) is 0 Å². The Morgan fingerprint density at radius 2 is 1.40 bits per heavy atom. The highest BCUT2D eigenvalue weighted by atomic mass is 79.9. The van der Waals surface area contributed by atoms with Crippen LogP contribution in [0.15, 0.2) is 45.3 Å². The van der Waals surface area contributed by atoms with Crippen molar-refractivity contribution in [3.8, 4) is 16.9 Å². The first-order valence-corrected chi connectivity index (χ1v) is 6.85. The van der Waals surface area contributed by atoms with Crippen LogP contribution in [-0.4, -0.2) is 6.36 Å². The summed E-state index contributed by atoms with van der Waals surface area (Å²) in [5.74, 6) is -0.736. The van der Waals surface area contributed by atoms with Crippen molar-refractivity contribution in [3.05, 3.63) is 51.2 Å². The third-order valence-electron chi connectivity index (χ3n) is 2.40. The molecule has 1 nitrogen and oxygen atoms in total. The van der Waals surface area contributed by atoms with Gasteiger partial charge in [-0.05, 0) is 41.5 Å². The molecule has 0 aromatic heterocycles. The summed E-state index contributed by atoms with van der Waals surface area (Å²) in [5, 5.41) is 0. The Hall–Kier alpha value is -1.08. The molecule has 0 atom stereocenters. The Balaban J connectivity index is 2.39. The molecule has 2 aromatic rings. The van der Waals surface area contributed by atoms with Crippen LogP contribution in [0.1, 0.15) is 0 Å². The molecule has 7 heteroatoms. The summed E-state index contributed by atoms with van der Waals surface area (Å²) in [6, 6.07) is 7.95. The molecule has 20 heavy (non-hydrogen) atoms. The minimum Gasteiger partial charge on any atom is -0.406 e. The van der Waals surface area contributed by atoms with E-state index in [4.69, 9.17) is 0 Å². The molecule has 0 aliphatic rings. The van der Waals surface area contributed by atoms with Gasteiger partial charge in [-0.3, -0.25) is 0 Å². The molecule has 0 N–H and O–H groups in total. The Morgan fingerprint density at radius 3 is 1.90 bits per heavy atom. The molecule has 0 saturated carbocycles. The summed E-state index contributed by atoms with van der Waals surface area (Å²) < 4.78 is 54.1. The van der Waals surface area contributed by atoms with Gasteiger partial charge in [-0.15, -0.1) is 13.2 Å². The van der Waals surface area contributed by atoms with E-state index in [1.54, 1.807) is 0 Å². The van der Waals surface area contributed by atoms with Gasteiger partial charge in [-0.2, -0.15) is 0 Å². The fraction of sp³-hybridized carbons (Fsp3) is 0.0769. The van der Waals surface area contributed by atoms with Crippen LogP contribution in [0.3, 0.4) is 0 Å². The van der Waals surface area contributed by atoms with Crippen LogP contribution in [0.25, 0.3) is 11.1 Å². The van der Waals surface area contributed by atoms with Crippen LogP contribution >= 0.6 is 31.9 Å². The predicted octanol–water partition coefficient (Wildman–Crippen LogP) is 5.92. The number of halogens is 6. The predicted molar refractivity (Wildman–Crippen MR) is 73.9 cm³/mol. The maximum Gasteiger partial charge on any atom is 0.573 e. The fourth-order valence-corrected chi connectivity index (χ4v) is 2.76. The second kappa shape index (κ2) is 5.73. The van der Waals surface area contributed by atoms with Gasteiger partial charge in [0.15, 0.2) is 0 Å². The molecule has 0 fully saturated rings. The molecular formula is C13H6Br2F4O. The van der Waals surface area contributed by atoms with E-state index in [1.807, 2.05) is 0 Å². The Labute approximate surface area is 128 Å². The Morgan fingerprint density at radius 1 is 0.850 bits per heavy atom. The molecule has 0 aliphatic carbocycles. The summed E-state index contributed by atoms with van der Waals surface area (Å²) in [6.45, 7) is 0. The summed E-state index contributed by atoms with van der Waals surface area (Å²) in [4.78, 5) is 0. The second-order valence-corrected chi connectivity index (χ2v) is 5.52. The highest BCUT2D eigenvalue weighted by molar-refractivity contribution is 9.11. The lowest BCUT2D eigenvalue weighted by Crippen LogP contribution is -2.17. The topological polar surface area (TPSA) is 9.23 Å². The Bertz CT molecular complexity index is 641. The van der Waals surface area contributed by atoms with Crippen molar-refractivity contribution in [2.24, 2.45) is 0 Å². The molecule has 0 heterocycles.